The molecule has 0 unspecified atom stereocenters. The molecule has 104 valence electrons. The van der Waals surface area contributed by atoms with Gasteiger partial charge in [0.1, 0.15) is 5.82 Å². The first kappa shape index (κ1) is 13.1. The van der Waals surface area contributed by atoms with Crippen molar-refractivity contribution in [3.8, 4) is 0 Å². The number of aryl methyl sites for hydroxylation is 1. The van der Waals surface area contributed by atoms with E-state index in [1.165, 1.54) is 5.56 Å². The first-order chi connectivity index (χ1) is 9.76. The molecule has 0 fully saturated rings. The molecule has 0 atom stereocenters. The fourth-order valence-electron chi connectivity index (χ4n) is 2.69. The smallest absolute Gasteiger partial charge is 0.254 e. The Kier molecular flexibility index (Phi) is 3.65. The zero-order chi connectivity index (χ0) is 13.9. The van der Waals surface area contributed by atoms with Gasteiger partial charge in [0.15, 0.2) is 0 Å². The Bertz CT molecular complexity index is 649. The van der Waals surface area contributed by atoms with Gasteiger partial charge >= 0.3 is 0 Å². The van der Waals surface area contributed by atoms with Gasteiger partial charge in [-0.05, 0) is 12.0 Å². The van der Waals surface area contributed by atoms with Crippen LogP contribution in [0.5, 0.6) is 0 Å². The van der Waals surface area contributed by atoms with Gasteiger partial charge in [-0.15, -0.1) is 0 Å². The molecule has 4 nitrogen and oxygen atoms in total. The van der Waals surface area contributed by atoms with E-state index in [0.29, 0.717) is 0 Å². The van der Waals surface area contributed by atoms with E-state index in [9.17, 15) is 4.79 Å². The topological polar surface area (TPSA) is 49.0 Å². The van der Waals surface area contributed by atoms with Crippen molar-refractivity contribution in [2.75, 3.05) is 6.54 Å². The summed E-state index contributed by atoms with van der Waals surface area (Å²) >= 11 is 0. The van der Waals surface area contributed by atoms with Crippen molar-refractivity contribution < 1.29 is 0 Å². The average Bonchev–Trinajstić information content (AvgIpc) is 2.48. The van der Waals surface area contributed by atoms with Crippen LogP contribution in [0, 0.1) is 0 Å². The highest BCUT2D eigenvalue weighted by Crippen LogP contribution is 2.16. The predicted molar refractivity (Wildman–Crippen MR) is 78.5 cm³/mol. The number of benzene rings is 1. The maximum Gasteiger partial charge on any atom is 0.254 e. The molecule has 0 amide bonds. The van der Waals surface area contributed by atoms with Crippen LogP contribution in [0.15, 0.2) is 35.1 Å². The van der Waals surface area contributed by atoms with E-state index in [1.54, 1.807) is 0 Å². The van der Waals surface area contributed by atoms with Gasteiger partial charge in [-0.1, -0.05) is 37.3 Å². The Labute approximate surface area is 118 Å². The second kappa shape index (κ2) is 5.59. The SMILES string of the molecule is CCc1nc2c(c(=O)[nH]1)CCN(Cc1ccccc1)C2. The molecule has 3 rings (SSSR count). The minimum absolute atomic E-state index is 0.0474. The van der Waals surface area contributed by atoms with Gasteiger partial charge in [0.25, 0.3) is 5.56 Å². The summed E-state index contributed by atoms with van der Waals surface area (Å²) in [5.41, 5.74) is 3.17. The van der Waals surface area contributed by atoms with Gasteiger partial charge in [-0.25, -0.2) is 4.98 Å². The monoisotopic (exact) mass is 269 g/mol. The summed E-state index contributed by atoms with van der Waals surface area (Å²) < 4.78 is 0. The Morgan fingerprint density at radius 2 is 2.10 bits per heavy atom. The second-order valence-electron chi connectivity index (χ2n) is 5.24. The number of aromatic nitrogens is 2. The maximum atomic E-state index is 12.0. The molecule has 0 spiro atoms. The van der Waals surface area contributed by atoms with Crippen LogP contribution in [0.4, 0.5) is 0 Å². The molecule has 2 aromatic rings. The molecule has 0 radical (unpaired) electrons. The molecule has 0 saturated heterocycles. The molecule has 0 saturated carbocycles. The molecular formula is C16H19N3O. The highest BCUT2D eigenvalue weighted by Gasteiger charge is 2.20. The molecule has 0 aliphatic carbocycles. The lowest BCUT2D eigenvalue weighted by molar-refractivity contribution is 0.240. The third-order valence-corrected chi connectivity index (χ3v) is 3.79. The lowest BCUT2D eigenvalue weighted by atomic mass is 10.1. The summed E-state index contributed by atoms with van der Waals surface area (Å²) in [5.74, 6) is 0.787. The molecule has 1 aromatic carbocycles. The zero-order valence-electron chi connectivity index (χ0n) is 11.7. The van der Waals surface area contributed by atoms with E-state index in [4.69, 9.17) is 0 Å². The third-order valence-electron chi connectivity index (χ3n) is 3.79. The third kappa shape index (κ3) is 2.65. The van der Waals surface area contributed by atoms with E-state index in [0.717, 1.165) is 49.6 Å². The fourth-order valence-corrected chi connectivity index (χ4v) is 2.69. The van der Waals surface area contributed by atoms with E-state index >= 15 is 0 Å². The van der Waals surface area contributed by atoms with Gasteiger partial charge in [0.05, 0.1) is 5.69 Å². The lowest BCUT2D eigenvalue weighted by Crippen LogP contribution is -2.35. The summed E-state index contributed by atoms with van der Waals surface area (Å²) in [6, 6.07) is 10.4. The van der Waals surface area contributed by atoms with E-state index in [-0.39, 0.29) is 5.56 Å². The van der Waals surface area contributed by atoms with E-state index < -0.39 is 0 Å². The number of nitrogens with zero attached hydrogens (tertiary/aromatic N) is 2. The number of aromatic amines is 1. The number of nitrogens with one attached hydrogen (secondary N) is 1. The summed E-state index contributed by atoms with van der Waals surface area (Å²) in [4.78, 5) is 21.8. The van der Waals surface area contributed by atoms with Gasteiger partial charge in [0, 0.05) is 31.6 Å². The van der Waals surface area contributed by atoms with Crippen molar-refractivity contribution in [1.29, 1.82) is 0 Å². The maximum absolute atomic E-state index is 12.0. The van der Waals surface area contributed by atoms with Crippen molar-refractivity contribution in [2.24, 2.45) is 0 Å². The minimum atomic E-state index is 0.0474. The Hall–Kier alpha value is -1.94. The molecule has 0 bridgehead atoms. The summed E-state index contributed by atoms with van der Waals surface area (Å²) in [7, 11) is 0. The van der Waals surface area contributed by atoms with Crippen LogP contribution in [0.3, 0.4) is 0 Å². The molecule has 1 N–H and O–H groups in total. The summed E-state index contributed by atoms with van der Waals surface area (Å²) in [6.07, 6.45) is 1.55. The number of rotatable bonds is 3. The highest BCUT2D eigenvalue weighted by molar-refractivity contribution is 5.22. The molecule has 1 aromatic heterocycles. The fraction of sp³-hybridized carbons (Fsp3) is 0.375. The van der Waals surface area contributed by atoms with E-state index in [1.807, 2.05) is 13.0 Å². The molecule has 2 heterocycles. The second-order valence-corrected chi connectivity index (χ2v) is 5.24. The Morgan fingerprint density at radius 1 is 1.30 bits per heavy atom. The highest BCUT2D eigenvalue weighted by atomic mass is 16.1. The van der Waals surface area contributed by atoms with Crippen molar-refractivity contribution in [2.45, 2.75) is 32.9 Å². The number of fused-ring (bicyclic) bond motifs is 1. The normalized spacial score (nSPS) is 15.1. The zero-order valence-corrected chi connectivity index (χ0v) is 11.7. The Morgan fingerprint density at radius 3 is 2.85 bits per heavy atom. The predicted octanol–water partition coefficient (Wildman–Crippen LogP) is 1.89. The van der Waals surface area contributed by atoms with Crippen molar-refractivity contribution in [1.82, 2.24) is 14.9 Å². The first-order valence-corrected chi connectivity index (χ1v) is 7.13. The number of H-pyrrole nitrogens is 1. The van der Waals surface area contributed by atoms with Crippen LogP contribution in [-0.2, 0) is 25.9 Å². The molecule has 1 aliphatic rings. The van der Waals surface area contributed by atoms with E-state index in [2.05, 4.69) is 39.1 Å². The van der Waals surface area contributed by atoms with Gasteiger partial charge in [0.2, 0.25) is 0 Å². The van der Waals surface area contributed by atoms with Crippen LogP contribution in [0.1, 0.15) is 29.6 Å². The van der Waals surface area contributed by atoms with Crippen LogP contribution in [-0.4, -0.2) is 21.4 Å². The largest absolute Gasteiger partial charge is 0.310 e. The number of hydrogen-bond donors (Lipinski definition) is 1. The summed E-state index contributed by atoms with van der Waals surface area (Å²) in [5, 5.41) is 0. The van der Waals surface area contributed by atoms with Crippen molar-refractivity contribution in [3.05, 3.63) is 63.3 Å². The minimum Gasteiger partial charge on any atom is -0.310 e. The molecular weight excluding hydrogens is 250 g/mol. The van der Waals surface area contributed by atoms with Crippen LogP contribution < -0.4 is 5.56 Å². The Balaban J connectivity index is 1.81. The molecule has 4 heteroatoms. The van der Waals surface area contributed by atoms with Gasteiger partial charge < -0.3 is 4.98 Å². The van der Waals surface area contributed by atoms with Gasteiger partial charge in [-0.2, -0.15) is 0 Å². The lowest BCUT2D eigenvalue weighted by Gasteiger charge is -2.27. The summed E-state index contributed by atoms with van der Waals surface area (Å²) in [6.45, 7) is 4.60. The van der Waals surface area contributed by atoms with Crippen LogP contribution in [0.2, 0.25) is 0 Å². The van der Waals surface area contributed by atoms with Crippen molar-refractivity contribution in [3.63, 3.8) is 0 Å². The first-order valence-electron chi connectivity index (χ1n) is 7.13. The van der Waals surface area contributed by atoms with Crippen LogP contribution >= 0.6 is 0 Å². The van der Waals surface area contributed by atoms with Crippen molar-refractivity contribution >= 4 is 0 Å². The standard InChI is InChI=1S/C16H19N3O/c1-2-15-17-14-11-19(9-8-13(14)16(20)18-15)10-12-6-4-3-5-7-12/h3-7H,2,8-11H2,1H3,(H,17,18,20). The quantitative estimate of drug-likeness (QED) is 0.925. The molecule has 20 heavy (non-hydrogen) atoms. The van der Waals surface area contributed by atoms with Crippen LogP contribution in [0.25, 0.3) is 0 Å². The van der Waals surface area contributed by atoms with Gasteiger partial charge in [-0.3, -0.25) is 9.69 Å². The average molecular weight is 269 g/mol. The number of hydrogen-bond acceptors (Lipinski definition) is 3. The molecule has 1 aliphatic heterocycles.